The molecule has 1 fully saturated rings. The van der Waals surface area contributed by atoms with Gasteiger partial charge in [-0.25, -0.2) is 8.42 Å². The van der Waals surface area contributed by atoms with Gasteiger partial charge in [0.05, 0.1) is 24.2 Å². The second kappa shape index (κ2) is 17.8. The lowest BCUT2D eigenvalue weighted by Gasteiger charge is -2.37. The van der Waals surface area contributed by atoms with Gasteiger partial charge in [-0.1, -0.05) is 134 Å². The van der Waals surface area contributed by atoms with Crippen LogP contribution >= 0.6 is 0 Å². The van der Waals surface area contributed by atoms with Crippen LogP contribution in [0.15, 0.2) is 59.5 Å². The van der Waals surface area contributed by atoms with Crippen molar-refractivity contribution >= 4 is 18.2 Å². The predicted molar refractivity (Wildman–Crippen MR) is 181 cm³/mol. The monoisotopic (exact) mass is 630 g/mol. The Hall–Kier alpha value is -1.51. The molecule has 43 heavy (non-hydrogen) atoms. The van der Waals surface area contributed by atoms with Gasteiger partial charge >= 0.3 is 0 Å². The topological polar surface area (TPSA) is 65.1 Å². The third-order valence-electron chi connectivity index (χ3n) is 8.93. The summed E-state index contributed by atoms with van der Waals surface area (Å²) in [4.78, 5) is -0.927. The van der Waals surface area contributed by atoms with Gasteiger partial charge in [0.25, 0.3) is 0 Å². The van der Waals surface area contributed by atoms with Crippen LogP contribution in [0.3, 0.4) is 0 Å². The van der Waals surface area contributed by atoms with E-state index in [0.29, 0.717) is 24.5 Å². The van der Waals surface area contributed by atoms with Crippen molar-refractivity contribution in [1.82, 2.24) is 0 Å². The molecule has 5 nitrogen and oxygen atoms in total. The first-order chi connectivity index (χ1) is 20.8. The van der Waals surface area contributed by atoms with Gasteiger partial charge in [-0.05, 0) is 49.2 Å². The van der Waals surface area contributed by atoms with E-state index in [-0.39, 0.29) is 12.2 Å². The molecule has 0 unspecified atom stereocenters. The maximum Gasteiger partial charge on any atom is 0.210 e. The summed E-state index contributed by atoms with van der Waals surface area (Å²) < 4.78 is 48.8. The van der Waals surface area contributed by atoms with Crippen molar-refractivity contribution in [2.45, 2.75) is 152 Å². The van der Waals surface area contributed by atoms with Gasteiger partial charge in [0.15, 0.2) is 8.32 Å². The molecule has 1 aliphatic rings. The highest BCUT2D eigenvalue weighted by Gasteiger charge is 2.66. The summed E-state index contributed by atoms with van der Waals surface area (Å²) in [6, 6.07) is 20.8. The van der Waals surface area contributed by atoms with Crippen LogP contribution in [0.25, 0.3) is 0 Å². The molecule has 0 aromatic heterocycles. The number of hydrogen-bond acceptors (Lipinski definition) is 5. The predicted octanol–water partition coefficient (Wildman–Crippen LogP) is 9.78. The molecular weight excluding hydrogens is 573 g/mol. The van der Waals surface area contributed by atoms with Gasteiger partial charge in [-0.15, -0.1) is 0 Å². The first kappa shape index (κ1) is 36.0. The zero-order valence-corrected chi connectivity index (χ0v) is 29.4. The quantitative estimate of drug-likeness (QED) is 0.0695. The van der Waals surface area contributed by atoms with Gasteiger partial charge in [0, 0.05) is 6.42 Å². The molecule has 0 N–H and O–H groups in total. The minimum Gasteiger partial charge on any atom is -0.411 e. The van der Waals surface area contributed by atoms with Gasteiger partial charge in [0.1, 0.15) is 6.10 Å². The summed E-state index contributed by atoms with van der Waals surface area (Å²) in [5, 5.41) is 0. The van der Waals surface area contributed by atoms with Crippen molar-refractivity contribution < 1.29 is 22.3 Å². The Morgan fingerprint density at radius 2 is 1.40 bits per heavy atom. The number of benzene rings is 2. The van der Waals surface area contributed by atoms with E-state index in [9.17, 15) is 8.42 Å². The smallest absolute Gasteiger partial charge is 0.210 e. The van der Waals surface area contributed by atoms with Crippen LogP contribution in [0.4, 0.5) is 0 Å². The van der Waals surface area contributed by atoms with Crippen molar-refractivity contribution in [3.8, 4) is 0 Å². The molecule has 0 radical (unpaired) electrons. The van der Waals surface area contributed by atoms with Gasteiger partial charge in [-0.2, -0.15) is 0 Å². The summed E-state index contributed by atoms with van der Waals surface area (Å²) in [6.07, 6.45) is 10.4. The number of hydrogen-bond donors (Lipinski definition) is 0. The van der Waals surface area contributed by atoms with Gasteiger partial charge in [0.2, 0.25) is 14.8 Å². The van der Waals surface area contributed by atoms with E-state index in [1.165, 1.54) is 0 Å². The van der Waals surface area contributed by atoms with Gasteiger partial charge < -0.3 is 13.9 Å². The van der Waals surface area contributed by atoms with E-state index in [2.05, 4.69) is 39.8 Å². The Kier molecular flexibility index (Phi) is 14.9. The fourth-order valence-corrected chi connectivity index (χ4v) is 13.2. The van der Waals surface area contributed by atoms with E-state index in [0.717, 1.165) is 93.5 Å². The molecule has 0 spiro atoms. The summed E-state index contributed by atoms with van der Waals surface area (Å²) >= 11 is 0. The molecular formula is C36H58O5SSi. The number of aryl methyl sites for hydroxylation is 1. The summed E-state index contributed by atoms with van der Waals surface area (Å²) in [7, 11) is -5.90. The van der Waals surface area contributed by atoms with Crippen molar-refractivity contribution in [1.29, 1.82) is 0 Å². The summed E-state index contributed by atoms with van der Waals surface area (Å²) in [6.45, 7) is 11.8. The molecule has 242 valence electrons. The average Bonchev–Trinajstić information content (AvgIpc) is 3.72. The molecule has 0 amide bonds. The molecule has 0 saturated carbocycles. The lowest BCUT2D eigenvalue weighted by Crippen LogP contribution is -2.46. The van der Waals surface area contributed by atoms with Crippen LogP contribution in [0, 0.1) is 6.92 Å². The Morgan fingerprint density at radius 3 is 1.95 bits per heavy atom. The third kappa shape index (κ3) is 10.3. The highest BCUT2D eigenvalue weighted by atomic mass is 32.2. The van der Waals surface area contributed by atoms with Crippen molar-refractivity contribution in [2.24, 2.45) is 0 Å². The van der Waals surface area contributed by atoms with Crippen molar-refractivity contribution in [3.05, 3.63) is 65.7 Å². The number of epoxide rings is 1. The molecule has 1 aliphatic heterocycles. The molecule has 0 aliphatic carbocycles. The minimum absolute atomic E-state index is 0.313. The molecule has 2 aromatic carbocycles. The molecule has 3 atom stereocenters. The lowest BCUT2D eigenvalue weighted by atomic mass is 10.1. The standard InChI is InChI=1S/C36H58O5SSi/c1-6-10-15-20-35-36(40-35,42(37,38)34-23-21-31(5)22-24-34)28-33(30-39-29-32-18-16-14-17-19-32)41-43(25-11-7-2,26-12-8-3)27-13-9-4/h14,16-19,21-24,33,35H,6-13,15,20,25-30H2,1-5H3/t33-,35+,36-/m1/s1. The molecule has 0 bridgehead atoms. The van der Waals surface area contributed by atoms with E-state index in [4.69, 9.17) is 13.9 Å². The Balaban J connectivity index is 1.96. The number of ether oxygens (including phenoxy) is 2. The maximum atomic E-state index is 14.4. The first-order valence-corrected chi connectivity index (χ1v) is 21.1. The van der Waals surface area contributed by atoms with Crippen LogP contribution < -0.4 is 0 Å². The second-order valence-corrected chi connectivity index (χ2v) is 18.9. The molecule has 1 heterocycles. The highest BCUT2D eigenvalue weighted by molar-refractivity contribution is 7.93. The maximum absolute atomic E-state index is 14.4. The summed E-state index contributed by atoms with van der Waals surface area (Å²) in [5.41, 5.74) is 2.15. The lowest BCUT2D eigenvalue weighted by molar-refractivity contribution is 0.0252. The van der Waals surface area contributed by atoms with E-state index in [1.54, 1.807) is 12.1 Å². The van der Waals surface area contributed by atoms with Gasteiger partial charge in [-0.3, -0.25) is 0 Å². The van der Waals surface area contributed by atoms with Crippen LogP contribution in [0.2, 0.25) is 18.1 Å². The average molecular weight is 631 g/mol. The molecule has 3 rings (SSSR count). The Morgan fingerprint density at radius 1 is 0.814 bits per heavy atom. The number of unbranched alkanes of at least 4 members (excludes halogenated alkanes) is 5. The molecule has 1 saturated heterocycles. The zero-order valence-electron chi connectivity index (χ0n) is 27.6. The zero-order chi connectivity index (χ0) is 31.2. The summed E-state index contributed by atoms with van der Waals surface area (Å²) in [5.74, 6) is 0. The van der Waals surface area contributed by atoms with Crippen molar-refractivity contribution in [3.63, 3.8) is 0 Å². The van der Waals surface area contributed by atoms with Crippen LogP contribution in [0.5, 0.6) is 0 Å². The van der Waals surface area contributed by atoms with Crippen LogP contribution in [0.1, 0.15) is 109 Å². The second-order valence-electron chi connectivity index (χ2n) is 12.7. The minimum atomic E-state index is -3.75. The SMILES string of the molecule is CCCCC[C@@H]1O[C@]1(C[C@H](COCc1ccccc1)O[Si](CCCC)(CCCC)CCCC)S(=O)(=O)c1ccc(C)cc1. The van der Waals surface area contributed by atoms with Crippen LogP contribution in [-0.4, -0.2) is 40.5 Å². The van der Waals surface area contributed by atoms with E-state index in [1.807, 2.05) is 37.3 Å². The van der Waals surface area contributed by atoms with Crippen molar-refractivity contribution in [2.75, 3.05) is 6.61 Å². The number of sulfone groups is 1. The first-order valence-electron chi connectivity index (χ1n) is 17.0. The van der Waals surface area contributed by atoms with Crippen LogP contribution in [-0.2, 0) is 30.3 Å². The normalized spacial score (nSPS) is 19.4. The molecule has 2 aromatic rings. The third-order valence-corrected chi connectivity index (χ3v) is 15.9. The Labute approximate surface area is 264 Å². The largest absolute Gasteiger partial charge is 0.411 e. The fraction of sp³-hybridized carbons (Fsp3) is 0.667. The fourth-order valence-electron chi connectivity index (χ4n) is 6.24. The highest BCUT2D eigenvalue weighted by Crippen LogP contribution is 2.51. The Bertz CT molecular complexity index is 1130. The van der Waals surface area contributed by atoms with E-state index < -0.39 is 23.1 Å². The number of rotatable bonds is 23. The molecule has 7 heteroatoms. The van der Waals surface area contributed by atoms with E-state index >= 15 is 0 Å².